The molecule has 0 saturated carbocycles. The van der Waals surface area contributed by atoms with E-state index in [2.05, 4.69) is 26.8 Å². The Labute approximate surface area is 93.9 Å². The first-order valence-electron chi connectivity index (χ1n) is 4.88. The van der Waals surface area contributed by atoms with Gasteiger partial charge in [-0.1, -0.05) is 0 Å². The first-order chi connectivity index (χ1) is 7.16. The molecule has 0 bridgehead atoms. The molecule has 0 aliphatic carbocycles. The molecule has 0 aromatic carbocycles. The molecule has 2 N–H and O–H groups in total. The van der Waals surface area contributed by atoms with Crippen molar-refractivity contribution in [2.24, 2.45) is 0 Å². The molecule has 1 aliphatic heterocycles. The zero-order valence-electron chi connectivity index (χ0n) is 8.65. The van der Waals surface area contributed by atoms with Gasteiger partial charge in [0, 0.05) is 26.2 Å². The third kappa shape index (κ3) is 2.30. The molecule has 15 heavy (non-hydrogen) atoms. The molecule has 1 aromatic heterocycles. The van der Waals surface area contributed by atoms with Crippen LogP contribution in [0.4, 0.5) is 11.5 Å². The van der Waals surface area contributed by atoms with Gasteiger partial charge >= 0.3 is 0 Å². The summed E-state index contributed by atoms with van der Waals surface area (Å²) in [6.45, 7) is 3.88. The summed E-state index contributed by atoms with van der Waals surface area (Å²) in [5.41, 5.74) is 6.40. The lowest BCUT2D eigenvalue weighted by molar-refractivity contribution is 0.312. The molecule has 0 atom stereocenters. The van der Waals surface area contributed by atoms with Crippen LogP contribution in [-0.2, 0) is 0 Å². The topological polar surface area (TPSA) is 58.3 Å². The molecule has 0 unspecified atom stereocenters. The zero-order chi connectivity index (χ0) is 10.8. The Morgan fingerprint density at radius 3 is 2.67 bits per heavy atom. The van der Waals surface area contributed by atoms with Crippen LogP contribution in [-0.4, -0.2) is 48.1 Å². The number of nitrogens with zero attached hydrogens (tertiary/aromatic N) is 4. The van der Waals surface area contributed by atoms with E-state index >= 15 is 0 Å². The van der Waals surface area contributed by atoms with Crippen LogP contribution in [0.25, 0.3) is 0 Å². The number of hydrogen-bond acceptors (Lipinski definition) is 5. The summed E-state index contributed by atoms with van der Waals surface area (Å²) >= 11 is 5.75. The van der Waals surface area contributed by atoms with Gasteiger partial charge in [-0.3, -0.25) is 0 Å². The van der Waals surface area contributed by atoms with E-state index in [9.17, 15) is 0 Å². The molecule has 0 spiro atoms. The Morgan fingerprint density at radius 1 is 1.33 bits per heavy atom. The van der Waals surface area contributed by atoms with Crippen molar-refractivity contribution in [3.63, 3.8) is 0 Å². The summed E-state index contributed by atoms with van der Waals surface area (Å²) in [4.78, 5) is 12.4. The van der Waals surface area contributed by atoms with E-state index in [-0.39, 0.29) is 5.28 Å². The molecule has 2 rings (SSSR count). The zero-order valence-corrected chi connectivity index (χ0v) is 9.41. The second-order valence-corrected chi connectivity index (χ2v) is 4.05. The second kappa shape index (κ2) is 4.20. The summed E-state index contributed by atoms with van der Waals surface area (Å²) in [7, 11) is 2.10. The maximum absolute atomic E-state index is 5.82. The highest BCUT2D eigenvalue weighted by Crippen LogP contribution is 2.21. The van der Waals surface area contributed by atoms with E-state index in [1.807, 2.05) is 0 Å². The number of likely N-dealkylation sites (N-methyl/N-ethyl adjacent to an activating group) is 1. The van der Waals surface area contributed by atoms with E-state index < -0.39 is 0 Å². The van der Waals surface area contributed by atoms with Gasteiger partial charge in [-0.15, -0.1) is 0 Å². The molecule has 1 fully saturated rings. The van der Waals surface area contributed by atoms with Gasteiger partial charge in [0.1, 0.15) is 0 Å². The van der Waals surface area contributed by atoms with E-state index in [1.54, 1.807) is 6.20 Å². The molecule has 2 heterocycles. The minimum absolute atomic E-state index is 0.248. The fourth-order valence-corrected chi connectivity index (χ4v) is 1.76. The van der Waals surface area contributed by atoms with Crippen molar-refractivity contribution >= 4 is 23.1 Å². The number of halogens is 1. The van der Waals surface area contributed by atoms with Crippen molar-refractivity contribution in [3.8, 4) is 0 Å². The van der Waals surface area contributed by atoms with Crippen molar-refractivity contribution in [2.45, 2.75) is 0 Å². The summed E-state index contributed by atoms with van der Waals surface area (Å²) < 4.78 is 0. The Morgan fingerprint density at radius 2 is 2.00 bits per heavy atom. The van der Waals surface area contributed by atoms with Crippen LogP contribution >= 0.6 is 11.6 Å². The number of anilines is 2. The molecule has 6 heteroatoms. The Kier molecular flexibility index (Phi) is 2.93. The minimum atomic E-state index is 0.248. The highest BCUT2D eigenvalue weighted by molar-refractivity contribution is 6.28. The molecular weight excluding hydrogens is 214 g/mol. The second-order valence-electron chi connectivity index (χ2n) is 3.71. The lowest BCUT2D eigenvalue weighted by atomic mass is 10.3. The molecular formula is C9H14ClN5. The highest BCUT2D eigenvalue weighted by atomic mass is 35.5. The number of nitrogen functional groups attached to an aromatic ring is 1. The van der Waals surface area contributed by atoms with Crippen molar-refractivity contribution in [2.75, 3.05) is 43.9 Å². The van der Waals surface area contributed by atoms with Crippen LogP contribution in [0, 0.1) is 0 Å². The summed E-state index contributed by atoms with van der Waals surface area (Å²) in [6, 6.07) is 0. The molecule has 1 aliphatic rings. The molecule has 0 amide bonds. The van der Waals surface area contributed by atoms with Crippen molar-refractivity contribution in [1.82, 2.24) is 14.9 Å². The van der Waals surface area contributed by atoms with E-state index in [4.69, 9.17) is 17.3 Å². The molecule has 82 valence electrons. The summed E-state index contributed by atoms with van der Waals surface area (Å²) in [6.07, 6.45) is 1.56. The first-order valence-corrected chi connectivity index (χ1v) is 5.26. The van der Waals surface area contributed by atoms with Crippen LogP contribution in [0.15, 0.2) is 6.20 Å². The van der Waals surface area contributed by atoms with Crippen molar-refractivity contribution in [1.29, 1.82) is 0 Å². The highest BCUT2D eigenvalue weighted by Gasteiger charge is 2.17. The van der Waals surface area contributed by atoms with E-state index in [1.165, 1.54) is 0 Å². The Bertz CT molecular complexity index is 348. The minimum Gasteiger partial charge on any atom is -0.394 e. The quantitative estimate of drug-likeness (QED) is 0.707. The predicted molar refractivity (Wildman–Crippen MR) is 61.2 cm³/mol. The maximum Gasteiger partial charge on any atom is 0.224 e. The van der Waals surface area contributed by atoms with Crippen LogP contribution in [0.2, 0.25) is 5.28 Å². The Balaban J connectivity index is 2.18. The smallest absolute Gasteiger partial charge is 0.224 e. The van der Waals surface area contributed by atoms with Gasteiger partial charge in [0.2, 0.25) is 5.28 Å². The van der Waals surface area contributed by atoms with Gasteiger partial charge < -0.3 is 15.5 Å². The fourth-order valence-electron chi connectivity index (χ4n) is 1.63. The van der Waals surface area contributed by atoms with Gasteiger partial charge in [-0.05, 0) is 18.6 Å². The van der Waals surface area contributed by atoms with Crippen molar-refractivity contribution in [3.05, 3.63) is 11.5 Å². The molecule has 1 saturated heterocycles. The number of piperazine rings is 1. The van der Waals surface area contributed by atoms with E-state index in [0.717, 1.165) is 32.0 Å². The van der Waals surface area contributed by atoms with Gasteiger partial charge in [0.25, 0.3) is 0 Å². The van der Waals surface area contributed by atoms with Crippen LogP contribution in [0.5, 0.6) is 0 Å². The summed E-state index contributed by atoms with van der Waals surface area (Å²) in [5.74, 6) is 0.753. The number of hydrogen-bond donors (Lipinski definition) is 1. The average Bonchev–Trinajstić information content (AvgIpc) is 2.23. The van der Waals surface area contributed by atoms with Crippen LogP contribution < -0.4 is 10.6 Å². The predicted octanol–water partition coefficient (Wildman–Crippen LogP) is 0.464. The normalized spacial score (nSPS) is 18.1. The van der Waals surface area contributed by atoms with Gasteiger partial charge in [-0.25, -0.2) is 4.98 Å². The van der Waals surface area contributed by atoms with Crippen molar-refractivity contribution < 1.29 is 0 Å². The standard InChI is InChI=1S/C9H14ClN5/c1-14-2-4-15(5-3-14)8-7(11)6-12-9(10)13-8/h6H,2-5,11H2,1H3. The number of rotatable bonds is 1. The first kappa shape index (κ1) is 10.4. The lowest BCUT2D eigenvalue weighted by Crippen LogP contribution is -2.45. The molecule has 1 aromatic rings. The number of nitrogens with two attached hydrogens (primary N) is 1. The van der Waals surface area contributed by atoms with Gasteiger partial charge in [0.15, 0.2) is 5.82 Å². The fraction of sp³-hybridized carbons (Fsp3) is 0.556. The third-order valence-corrected chi connectivity index (χ3v) is 2.75. The van der Waals surface area contributed by atoms with Gasteiger partial charge in [0.05, 0.1) is 11.9 Å². The monoisotopic (exact) mass is 227 g/mol. The van der Waals surface area contributed by atoms with Gasteiger partial charge in [-0.2, -0.15) is 4.98 Å². The average molecular weight is 228 g/mol. The van der Waals surface area contributed by atoms with Crippen LogP contribution in [0.3, 0.4) is 0 Å². The van der Waals surface area contributed by atoms with E-state index in [0.29, 0.717) is 5.69 Å². The maximum atomic E-state index is 5.82. The SMILES string of the molecule is CN1CCN(c2nc(Cl)ncc2N)CC1. The number of aromatic nitrogens is 2. The largest absolute Gasteiger partial charge is 0.394 e. The summed E-state index contributed by atoms with van der Waals surface area (Å²) in [5, 5.41) is 0.248. The van der Waals surface area contributed by atoms with Crippen LogP contribution in [0.1, 0.15) is 0 Å². The molecule has 0 radical (unpaired) electrons. The third-order valence-electron chi connectivity index (χ3n) is 2.57. The molecule has 5 nitrogen and oxygen atoms in total. The Hall–Kier alpha value is -1.07. The lowest BCUT2D eigenvalue weighted by Gasteiger charge is -2.33.